The van der Waals surface area contributed by atoms with Crippen LogP contribution in [0, 0.1) is 5.82 Å². The Balaban J connectivity index is 1.83. The molecule has 0 aliphatic rings. The highest BCUT2D eigenvalue weighted by molar-refractivity contribution is 9.10. The van der Waals surface area contributed by atoms with Crippen LogP contribution in [0.3, 0.4) is 0 Å². The summed E-state index contributed by atoms with van der Waals surface area (Å²) in [5, 5.41) is 2.45. The van der Waals surface area contributed by atoms with Gasteiger partial charge in [0.2, 0.25) is 0 Å². The van der Waals surface area contributed by atoms with Gasteiger partial charge in [-0.3, -0.25) is 9.69 Å². The zero-order chi connectivity index (χ0) is 16.4. The Bertz CT molecular complexity index is 831. The Morgan fingerprint density at radius 1 is 1.13 bits per heavy atom. The summed E-state index contributed by atoms with van der Waals surface area (Å²) in [6.07, 6.45) is 0. The van der Waals surface area contributed by atoms with Gasteiger partial charge in [-0.2, -0.15) is 0 Å². The number of thiazole rings is 1. The number of hydrogen-bond acceptors (Lipinski definition) is 3. The summed E-state index contributed by atoms with van der Waals surface area (Å²) in [4.78, 5) is 18.5. The van der Waals surface area contributed by atoms with Gasteiger partial charge in [-0.25, -0.2) is 9.37 Å². The maximum Gasteiger partial charge on any atom is 0.259 e. The Morgan fingerprint density at radius 2 is 1.78 bits per heavy atom. The quantitative estimate of drug-likeness (QED) is 0.631. The van der Waals surface area contributed by atoms with Gasteiger partial charge in [-0.05, 0) is 48.5 Å². The number of carbonyl (C=O) groups is 1. The summed E-state index contributed by atoms with van der Waals surface area (Å²) in [5.41, 5.74) is 2.13. The maximum absolute atomic E-state index is 13.0. The number of carbonyl (C=O) groups excluding carboxylic acids is 1. The first-order chi connectivity index (χ1) is 11.0. The van der Waals surface area contributed by atoms with Crippen molar-refractivity contribution >= 4 is 38.3 Å². The summed E-state index contributed by atoms with van der Waals surface area (Å²) in [7, 11) is 1.69. The average molecular weight is 391 g/mol. The van der Waals surface area contributed by atoms with E-state index in [1.54, 1.807) is 31.3 Å². The Labute approximate surface area is 145 Å². The third-order valence-corrected chi connectivity index (χ3v) is 4.76. The second-order valence-corrected chi connectivity index (χ2v) is 6.65. The van der Waals surface area contributed by atoms with Crippen LogP contribution in [0.1, 0.15) is 10.4 Å². The maximum atomic E-state index is 13.0. The van der Waals surface area contributed by atoms with E-state index >= 15 is 0 Å². The van der Waals surface area contributed by atoms with Crippen molar-refractivity contribution in [1.82, 2.24) is 4.98 Å². The first kappa shape index (κ1) is 15.8. The van der Waals surface area contributed by atoms with Gasteiger partial charge in [0.1, 0.15) is 5.82 Å². The minimum atomic E-state index is -0.285. The molecule has 6 heteroatoms. The molecule has 1 amide bonds. The molecule has 0 aliphatic carbocycles. The molecule has 1 aromatic heterocycles. The lowest BCUT2D eigenvalue weighted by Gasteiger charge is -2.13. The highest BCUT2D eigenvalue weighted by atomic mass is 79.9. The molecule has 0 bridgehead atoms. The van der Waals surface area contributed by atoms with Gasteiger partial charge in [0.25, 0.3) is 5.91 Å². The van der Waals surface area contributed by atoms with Crippen LogP contribution in [0.2, 0.25) is 0 Å². The van der Waals surface area contributed by atoms with E-state index in [1.165, 1.54) is 28.4 Å². The van der Waals surface area contributed by atoms with Crippen LogP contribution in [-0.4, -0.2) is 17.9 Å². The molecule has 0 unspecified atom stereocenters. The monoisotopic (exact) mass is 390 g/mol. The molecule has 3 rings (SSSR count). The van der Waals surface area contributed by atoms with E-state index in [-0.39, 0.29) is 11.7 Å². The van der Waals surface area contributed by atoms with Crippen molar-refractivity contribution in [2.75, 3.05) is 11.9 Å². The van der Waals surface area contributed by atoms with Gasteiger partial charge >= 0.3 is 0 Å². The summed E-state index contributed by atoms with van der Waals surface area (Å²) in [6, 6.07) is 13.3. The Morgan fingerprint density at radius 3 is 2.43 bits per heavy atom. The summed E-state index contributed by atoms with van der Waals surface area (Å²) < 4.78 is 13.9. The molecule has 3 aromatic rings. The fourth-order valence-corrected chi connectivity index (χ4v) is 3.11. The lowest BCUT2D eigenvalue weighted by Crippen LogP contribution is -2.25. The zero-order valence-electron chi connectivity index (χ0n) is 12.2. The fraction of sp³-hybridized carbons (Fsp3) is 0.0588. The highest BCUT2D eigenvalue weighted by Crippen LogP contribution is 2.28. The van der Waals surface area contributed by atoms with Gasteiger partial charge < -0.3 is 0 Å². The van der Waals surface area contributed by atoms with E-state index in [0.29, 0.717) is 10.7 Å². The topological polar surface area (TPSA) is 33.2 Å². The number of benzene rings is 2. The number of halogens is 2. The predicted molar refractivity (Wildman–Crippen MR) is 94.4 cm³/mol. The highest BCUT2D eigenvalue weighted by Gasteiger charge is 2.17. The normalized spacial score (nSPS) is 10.6. The third kappa shape index (κ3) is 3.48. The molecule has 0 saturated heterocycles. The number of nitrogens with zero attached hydrogens (tertiary/aromatic N) is 2. The van der Waals surface area contributed by atoms with Crippen molar-refractivity contribution in [1.29, 1.82) is 0 Å². The standard InChI is InChI=1S/C17H12BrFN2OS/c1-21(16(22)12-2-6-13(18)7-3-12)17-20-15(10-23-17)11-4-8-14(19)9-5-11/h2-10H,1H3. The number of amides is 1. The number of aromatic nitrogens is 1. The molecule has 0 aliphatic heterocycles. The van der Waals surface area contributed by atoms with Crippen molar-refractivity contribution in [3.63, 3.8) is 0 Å². The van der Waals surface area contributed by atoms with Crippen molar-refractivity contribution in [2.45, 2.75) is 0 Å². The van der Waals surface area contributed by atoms with E-state index in [2.05, 4.69) is 20.9 Å². The fourth-order valence-electron chi connectivity index (χ4n) is 2.04. The lowest BCUT2D eigenvalue weighted by molar-refractivity contribution is 0.0993. The smallest absolute Gasteiger partial charge is 0.259 e. The van der Waals surface area contributed by atoms with Crippen LogP contribution < -0.4 is 4.90 Å². The molecule has 0 radical (unpaired) electrons. The van der Waals surface area contributed by atoms with Crippen LogP contribution in [0.5, 0.6) is 0 Å². The van der Waals surface area contributed by atoms with Gasteiger partial charge in [-0.15, -0.1) is 11.3 Å². The SMILES string of the molecule is CN(C(=O)c1ccc(Br)cc1)c1nc(-c2ccc(F)cc2)cs1. The predicted octanol–water partition coefficient (Wildman–Crippen LogP) is 4.99. The van der Waals surface area contributed by atoms with Crippen LogP contribution in [0.4, 0.5) is 9.52 Å². The second kappa shape index (κ2) is 6.60. The zero-order valence-corrected chi connectivity index (χ0v) is 14.6. The molecular formula is C17H12BrFN2OS. The molecule has 0 spiro atoms. The van der Waals surface area contributed by atoms with Crippen molar-refractivity contribution in [3.05, 3.63) is 69.8 Å². The molecule has 0 N–H and O–H groups in total. The first-order valence-electron chi connectivity index (χ1n) is 6.79. The summed E-state index contributed by atoms with van der Waals surface area (Å²) >= 11 is 4.72. The molecule has 23 heavy (non-hydrogen) atoms. The molecule has 0 saturated carbocycles. The van der Waals surface area contributed by atoms with E-state index in [4.69, 9.17) is 0 Å². The average Bonchev–Trinajstić information content (AvgIpc) is 3.05. The summed E-state index contributed by atoms with van der Waals surface area (Å²) in [5.74, 6) is -0.413. The second-order valence-electron chi connectivity index (χ2n) is 4.89. The molecule has 0 fully saturated rings. The lowest BCUT2D eigenvalue weighted by atomic mass is 10.2. The minimum absolute atomic E-state index is 0.127. The largest absolute Gasteiger partial charge is 0.287 e. The molecule has 3 nitrogen and oxygen atoms in total. The molecule has 1 heterocycles. The van der Waals surface area contributed by atoms with Gasteiger partial charge in [0.15, 0.2) is 5.13 Å². The molecule has 0 atom stereocenters. The van der Waals surface area contributed by atoms with Crippen molar-refractivity contribution in [2.24, 2.45) is 0 Å². The Hall–Kier alpha value is -2.05. The molecule has 116 valence electrons. The summed E-state index contributed by atoms with van der Waals surface area (Å²) in [6.45, 7) is 0. The van der Waals surface area contributed by atoms with Crippen molar-refractivity contribution < 1.29 is 9.18 Å². The van der Waals surface area contributed by atoms with E-state index < -0.39 is 0 Å². The number of hydrogen-bond donors (Lipinski definition) is 0. The van der Waals surface area contributed by atoms with Gasteiger partial charge in [-0.1, -0.05) is 15.9 Å². The van der Waals surface area contributed by atoms with Crippen LogP contribution in [-0.2, 0) is 0 Å². The number of rotatable bonds is 3. The van der Waals surface area contributed by atoms with E-state index in [1.807, 2.05) is 17.5 Å². The van der Waals surface area contributed by atoms with Crippen molar-refractivity contribution in [3.8, 4) is 11.3 Å². The van der Waals surface area contributed by atoms with Gasteiger partial charge in [0, 0.05) is 28.0 Å². The van der Waals surface area contributed by atoms with Crippen LogP contribution >= 0.6 is 27.3 Å². The number of anilines is 1. The van der Waals surface area contributed by atoms with Crippen LogP contribution in [0.25, 0.3) is 11.3 Å². The van der Waals surface area contributed by atoms with E-state index in [9.17, 15) is 9.18 Å². The van der Waals surface area contributed by atoms with Crippen LogP contribution in [0.15, 0.2) is 58.4 Å². The Kier molecular flexibility index (Phi) is 4.54. The van der Waals surface area contributed by atoms with E-state index in [0.717, 1.165) is 15.7 Å². The first-order valence-corrected chi connectivity index (χ1v) is 8.47. The minimum Gasteiger partial charge on any atom is -0.287 e. The molecular weight excluding hydrogens is 379 g/mol. The van der Waals surface area contributed by atoms with Gasteiger partial charge in [0.05, 0.1) is 5.69 Å². The molecule has 2 aromatic carbocycles. The third-order valence-electron chi connectivity index (χ3n) is 3.31.